The molecule has 13 heavy (non-hydrogen) atoms. The van der Waals surface area contributed by atoms with Gasteiger partial charge in [-0.15, -0.1) is 0 Å². The first-order valence-electron chi connectivity index (χ1n) is 5.29. The lowest BCUT2D eigenvalue weighted by atomic mass is 9.92. The lowest BCUT2D eigenvalue weighted by Crippen LogP contribution is -2.40. The van der Waals surface area contributed by atoms with Crippen LogP contribution in [0.1, 0.15) is 32.6 Å². The third kappa shape index (κ3) is 2.93. The van der Waals surface area contributed by atoms with Crippen molar-refractivity contribution in [2.45, 2.75) is 44.8 Å². The molecule has 3 N–H and O–H groups in total. The minimum absolute atomic E-state index is 0.0299. The Morgan fingerprint density at radius 2 is 2.31 bits per heavy atom. The van der Waals surface area contributed by atoms with Gasteiger partial charge in [0, 0.05) is 6.61 Å². The van der Waals surface area contributed by atoms with Gasteiger partial charge in [-0.25, -0.2) is 0 Å². The van der Waals surface area contributed by atoms with Gasteiger partial charge in [-0.2, -0.15) is 0 Å². The fourth-order valence-corrected chi connectivity index (χ4v) is 1.89. The average Bonchev–Trinajstić information content (AvgIpc) is 2.21. The predicted molar refractivity (Wildman–Crippen MR) is 52.4 cm³/mol. The molecule has 3 nitrogen and oxygen atoms in total. The van der Waals surface area contributed by atoms with Crippen molar-refractivity contribution in [3.8, 4) is 0 Å². The Labute approximate surface area is 80.3 Å². The molecular weight excluding hydrogens is 166 g/mol. The summed E-state index contributed by atoms with van der Waals surface area (Å²) >= 11 is 0. The Hall–Kier alpha value is -0.120. The van der Waals surface area contributed by atoms with Crippen LogP contribution in [0.3, 0.4) is 0 Å². The lowest BCUT2D eigenvalue weighted by Gasteiger charge is -2.31. The molecule has 3 atom stereocenters. The highest BCUT2D eigenvalue weighted by molar-refractivity contribution is 4.78. The summed E-state index contributed by atoms with van der Waals surface area (Å²) < 4.78 is 5.52. The van der Waals surface area contributed by atoms with Crippen LogP contribution in [-0.4, -0.2) is 30.5 Å². The second-order valence-electron chi connectivity index (χ2n) is 3.80. The third-order valence-electron chi connectivity index (χ3n) is 2.91. The summed E-state index contributed by atoms with van der Waals surface area (Å²) in [7, 11) is 0. The van der Waals surface area contributed by atoms with Crippen molar-refractivity contribution in [1.29, 1.82) is 0 Å². The molecule has 1 fully saturated rings. The van der Waals surface area contributed by atoms with Gasteiger partial charge in [0.15, 0.2) is 0 Å². The maximum absolute atomic E-state index is 9.93. The molecule has 0 spiro atoms. The number of aliphatic hydroxyl groups excluding tert-OH is 1. The van der Waals surface area contributed by atoms with Crippen LogP contribution in [-0.2, 0) is 4.74 Å². The summed E-state index contributed by atoms with van der Waals surface area (Å²) in [5.41, 5.74) is 5.58. The molecule has 1 aliphatic heterocycles. The van der Waals surface area contributed by atoms with Crippen molar-refractivity contribution >= 4 is 0 Å². The molecule has 3 unspecified atom stereocenters. The summed E-state index contributed by atoms with van der Waals surface area (Å²) in [6.45, 7) is 3.41. The van der Waals surface area contributed by atoms with Gasteiger partial charge in [0.2, 0.25) is 0 Å². The van der Waals surface area contributed by atoms with E-state index in [2.05, 4.69) is 6.92 Å². The van der Waals surface area contributed by atoms with E-state index >= 15 is 0 Å². The molecule has 0 amide bonds. The average molecular weight is 187 g/mol. The van der Waals surface area contributed by atoms with E-state index in [0.717, 1.165) is 25.9 Å². The number of hydrogen-bond acceptors (Lipinski definition) is 3. The van der Waals surface area contributed by atoms with Crippen LogP contribution in [0.2, 0.25) is 0 Å². The summed E-state index contributed by atoms with van der Waals surface area (Å²) in [5, 5.41) is 9.93. The van der Waals surface area contributed by atoms with E-state index in [0.29, 0.717) is 6.54 Å². The van der Waals surface area contributed by atoms with Crippen molar-refractivity contribution in [1.82, 2.24) is 0 Å². The molecule has 0 aliphatic carbocycles. The van der Waals surface area contributed by atoms with E-state index < -0.39 is 0 Å². The largest absolute Gasteiger partial charge is 0.390 e. The van der Waals surface area contributed by atoms with Crippen LogP contribution in [0.25, 0.3) is 0 Å². The molecule has 0 radical (unpaired) electrons. The first-order chi connectivity index (χ1) is 6.29. The number of ether oxygens (including phenoxy) is 1. The molecule has 78 valence electrons. The fraction of sp³-hybridized carbons (Fsp3) is 1.00. The SMILES string of the molecule is CCC(CN)C(O)C1CCCCO1. The number of aliphatic hydroxyl groups is 1. The smallest absolute Gasteiger partial charge is 0.0841 e. The van der Waals surface area contributed by atoms with Crippen molar-refractivity contribution in [3.05, 3.63) is 0 Å². The highest BCUT2D eigenvalue weighted by Gasteiger charge is 2.27. The van der Waals surface area contributed by atoms with E-state index in [1.165, 1.54) is 6.42 Å². The van der Waals surface area contributed by atoms with Gasteiger partial charge in [0.05, 0.1) is 12.2 Å². The molecule has 0 aromatic rings. The lowest BCUT2D eigenvalue weighted by molar-refractivity contribution is -0.0821. The van der Waals surface area contributed by atoms with Crippen LogP contribution in [0.5, 0.6) is 0 Å². The Kier molecular flexibility index (Phi) is 4.70. The summed E-state index contributed by atoms with van der Waals surface area (Å²) in [4.78, 5) is 0. The van der Waals surface area contributed by atoms with Crippen molar-refractivity contribution in [2.75, 3.05) is 13.2 Å². The monoisotopic (exact) mass is 187 g/mol. The van der Waals surface area contributed by atoms with Gasteiger partial charge in [-0.1, -0.05) is 6.92 Å². The number of rotatable bonds is 4. The standard InChI is InChI=1S/C10H21NO2/c1-2-8(7-11)10(12)9-5-3-4-6-13-9/h8-10,12H,2-7,11H2,1H3. The minimum Gasteiger partial charge on any atom is -0.390 e. The summed E-state index contributed by atoms with van der Waals surface area (Å²) in [5.74, 6) is 0.197. The minimum atomic E-state index is -0.365. The van der Waals surface area contributed by atoms with Gasteiger partial charge in [-0.05, 0) is 38.1 Å². The molecule has 1 rings (SSSR count). The summed E-state index contributed by atoms with van der Waals surface area (Å²) in [6, 6.07) is 0. The van der Waals surface area contributed by atoms with Gasteiger partial charge in [0.25, 0.3) is 0 Å². The highest BCUT2D eigenvalue weighted by Crippen LogP contribution is 2.21. The molecule has 1 heterocycles. The Morgan fingerprint density at radius 3 is 2.77 bits per heavy atom. The zero-order chi connectivity index (χ0) is 9.68. The zero-order valence-corrected chi connectivity index (χ0v) is 8.41. The maximum atomic E-state index is 9.93. The Morgan fingerprint density at radius 1 is 1.54 bits per heavy atom. The van der Waals surface area contributed by atoms with E-state index in [9.17, 15) is 5.11 Å². The molecule has 1 saturated heterocycles. The van der Waals surface area contributed by atoms with Crippen molar-refractivity contribution in [2.24, 2.45) is 11.7 Å². The van der Waals surface area contributed by atoms with Crippen molar-refractivity contribution < 1.29 is 9.84 Å². The molecule has 0 saturated carbocycles. The molecular formula is C10H21NO2. The first-order valence-corrected chi connectivity index (χ1v) is 5.29. The quantitative estimate of drug-likeness (QED) is 0.687. The Balaban J connectivity index is 2.38. The van der Waals surface area contributed by atoms with E-state index in [1.54, 1.807) is 0 Å². The number of nitrogens with two attached hydrogens (primary N) is 1. The zero-order valence-electron chi connectivity index (χ0n) is 8.41. The van der Waals surface area contributed by atoms with Crippen LogP contribution < -0.4 is 5.73 Å². The van der Waals surface area contributed by atoms with Gasteiger partial charge in [0.1, 0.15) is 0 Å². The van der Waals surface area contributed by atoms with Gasteiger partial charge >= 0.3 is 0 Å². The molecule has 1 aliphatic rings. The topological polar surface area (TPSA) is 55.5 Å². The maximum Gasteiger partial charge on any atom is 0.0841 e. The van der Waals surface area contributed by atoms with E-state index in [-0.39, 0.29) is 18.1 Å². The summed E-state index contributed by atoms with van der Waals surface area (Å²) in [6.07, 6.45) is 3.87. The van der Waals surface area contributed by atoms with Gasteiger partial charge in [-0.3, -0.25) is 0 Å². The third-order valence-corrected chi connectivity index (χ3v) is 2.91. The van der Waals surface area contributed by atoms with E-state index in [1.807, 2.05) is 0 Å². The second kappa shape index (κ2) is 5.58. The second-order valence-corrected chi connectivity index (χ2v) is 3.80. The Bertz CT molecular complexity index is 131. The van der Waals surface area contributed by atoms with Crippen LogP contribution in [0, 0.1) is 5.92 Å². The molecule has 0 bridgehead atoms. The van der Waals surface area contributed by atoms with Crippen LogP contribution in [0.4, 0.5) is 0 Å². The van der Waals surface area contributed by atoms with Gasteiger partial charge < -0.3 is 15.6 Å². The molecule has 0 aromatic heterocycles. The van der Waals surface area contributed by atoms with Crippen molar-refractivity contribution in [3.63, 3.8) is 0 Å². The van der Waals surface area contributed by atoms with E-state index in [4.69, 9.17) is 10.5 Å². The normalized spacial score (nSPS) is 28.4. The molecule has 3 heteroatoms. The number of hydrogen-bond donors (Lipinski definition) is 2. The van der Waals surface area contributed by atoms with Crippen LogP contribution in [0.15, 0.2) is 0 Å². The predicted octanol–water partition coefficient (Wildman–Crippen LogP) is 0.901. The highest BCUT2D eigenvalue weighted by atomic mass is 16.5. The fourth-order valence-electron chi connectivity index (χ4n) is 1.89. The molecule has 0 aromatic carbocycles. The first kappa shape index (κ1) is 11.0. The van der Waals surface area contributed by atoms with Crippen LogP contribution >= 0.6 is 0 Å².